The predicted octanol–water partition coefficient (Wildman–Crippen LogP) is 5.85. The summed E-state index contributed by atoms with van der Waals surface area (Å²) in [5, 5.41) is 1.73. The highest BCUT2D eigenvalue weighted by molar-refractivity contribution is 7.07. The van der Waals surface area contributed by atoms with E-state index >= 15 is 0 Å². The van der Waals surface area contributed by atoms with Gasteiger partial charge in [-0.2, -0.15) is 0 Å². The Bertz CT molecular complexity index is 2050. The summed E-state index contributed by atoms with van der Waals surface area (Å²) in [6, 6.07) is 22.6. The van der Waals surface area contributed by atoms with Gasteiger partial charge < -0.3 is 14.0 Å². The van der Waals surface area contributed by atoms with E-state index < -0.39 is 12.0 Å². The average Bonchev–Trinajstić information content (AvgIpc) is 3.49. The molecular formula is C34H30ClN3O4S. The smallest absolute Gasteiger partial charge is 0.338 e. The minimum absolute atomic E-state index is 0.221. The Morgan fingerprint density at radius 1 is 1.07 bits per heavy atom. The Kier molecular flexibility index (Phi) is 7.81. The lowest BCUT2D eigenvalue weighted by molar-refractivity contribution is -0.143. The summed E-state index contributed by atoms with van der Waals surface area (Å²) < 4.78 is 15.3. The molecule has 3 heterocycles. The molecule has 6 rings (SSSR count). The minimum atomic E-state index is -0.693. The molecule has 0 aliphatic carbocycles. The summed E-state index contributed by atoms with van der Waals surface area (Å²) in [6.07, 6.45) is 3.66. The zero-order valence-corrected chi connectivity index (χ0v) is 25.8. The molecule has 0 unspecified atom stereocenters. The van der Waals surface area contributed by atoms with Gasteiger partial charge in [0.2, 0.25) is 0 Å². The largest absolute Gasteiger partial charge is 0.497 e. The summed E-state index contributed by atoms with van der Waals surface area (Å²) in [7, 11) is 1.60. The molecule has 0 amide bonds. The Hall–Kier alpha value is -4.40. The van der Waals surface area contributed by atoms with Gasteiger partial charge in [-0.3, -0.25) is 9.36 Å². The fourth-order valence-corrected chi connectivity index (χ4v) is 6.57. The van der Waals surface area contributed by atoms with Crippen molar-refractivity contribution in [3.8, 4) is 5.75 Å². The van der Waals surface area contributed by atoms with Crippen molar-refractivity contribution in [3.05, 3.63) is 132 Å². The maximum atomic E-state index is 14.2. The first-order valence-electron chi connectivity index (χ1n) is 13.9. The molecule has 0 saturated heterocycles. The molecule has 1 aliphatic rings. The van der Waals surface area contributed by atoms with E-state index in [2.05, 4.69) is 22.9 Å². The molecule has 9 heteroatoms. The van der Waals surface area contributed by atoms with E-state index in [4.69, 9.17) is 26.1 Å². The van der Waals surface area contributed by atoms with Gasteiger partial charge >= 0.3 is 5.97 Å². The van der Waals surface area contributed by atoms with Crippen molar-refractivity contribution in [1.29, 1.82) is 0 Å². The number of carbonyl (C=O) groups is 1. The normalized spacial score (nSPS) is 15.1. The van der Waals surface area contributed by atoms with Gasteiger partial charge in [-0.15, -0.1) is 0 Å². The Morgan fingerprint density at radius 2 is 1.79 bits per heavy atom. The van der Waals surface area contributed by atoms with E-state index in [0.717, 1.165) is 27.6 Å². The molecule has 0 N–H and O–H groups in total. The SMILES string of the molecule is COc1ccc([C@H]2C(C(=O)OC(C)C)=C(C)N=c3s/c(=C/c4cn(Cc5ccc(Cl)cc5)c5ccccc45)c(=O)n32)cc1. The molecule has 218 valence electrons. The zero-order valence-electron chi connectivity index (χ0n) is 24.2. The average molecular weight is 612 g/mol. The molecular weight excluding hydrogens is 582 g/mol. The number of carbonyl (C=O) groups excluding carboxylic acids is 1. The molecule has 5 aromatic rings. The number of ether oxygens (including phenoxy) is 2. The van der Waals surface area contributed by atoms with E-state index in [9.17, 15) is 9.59 Å². The van der Waals surface area contributed by atoms with E-state index in [1.54, 1.807) is 32.4 Å². The summed E-state index contributed by atoms with van der Waals surface area (Å²) in [6.45, 7) is 6.04. The van der Waals surface area contributed by atoms with Crippen LogP contribution in [0.3, 0.4) is 0 Å². The molecule has 1 atom stereocenters. The first-order valence-corrected chi connectivity index (χ1v) is 15.1. The maximum absolute atomic E-state index is 14.2. The minimum Gasteiger partial charge on any atom is -0.497 e. The van der Waals surface area contributed by atoms with Crippen LogP contribution in [0.5, 0.6) is 5.75 Å². The van der Waals surface area contributed by atoms with Crippen LogP contribution in [0.4, 0.5) is 0 Å². The number of methoxy groups -OCH3 is 1. The lowest BCUT2D eigenvalue weighted by atomic mass is 9.96. The van der Waals surface area contributed by atoms with Crippen molar-refractivity contribution in [1.82, 2.24) is 9.13 Å². The van der Waals surface area contributed by atoms with Crippen molar-refractivity contribution in [3.63, 3.8) is 0 Å². The number of halogens is 1. The molecule has 0 saturated carbocycles. The summed E-state index contributed by atoms with van der Waals surface area (Å²) in [4.78, 5) is 32.8. The number of fused-ring (bicyclic) bond motifs is 2. The fourth-order valence-electron chi connectivity index (χ4n) is 5.41. The van der Waals surface area contributed by atoms with Crippen LogP contribution >= 0.6 is 22.9 Å². The van der Waals surface area contributed by atoms with Gasteiger partial charge in [-0.1, -0.05) is 65.4 Å². The molecule has 43 heavy (non-hydrogen) atoms. The quantitative estimate of drug-likeness (QED) is 0.216. The maximum Gasteiger partial charge on any atom is 0.338 e. The second-order valence-corrected chi connectivity index (χ2v) is 12.1. The van der Waals surface area contributed by atoms with Crippen molar-refractivity contribution < 1.29 is 14.3 Å². The van der Waals surface area contributed by atoms with E-state index in [1.807, 2.05) is 66.7 Å². The Balaban J connectivity index is 1.50. The molecule has 2 aromatic heterocycles. The lowest BCUT2D eigenvalue weighted by Crippen LogP contribution is -2.40. The number of thiazole rings is 1. The number of rotatable bonds is 7. The number of benzene rings is 3. The van der Waals surface area contributed by atoms with E-state index in [-0.39, 0.29) is 11.7 Å². The molecule has 0 bridgehead atoms. The highest BCUT2D eigenvalue weighted by atomic mass is 35.5. The van der Waals surface area contributed by atoms with Crippen molar-refractivity contribution in [2.75, 3.05) is 7.11 Å². The summed E-state index contributed by atoms with van der Waals surface area (Å²) >= 11 is 7.41. The molecule has 1 aliphatic heterocycles. The number of para-hydroxylation sites is 1. The molecule has 0 fully saturated rings. The lowest BCUT2D eigenvalue weighted by Gasteiger charge is -2.25. The molecule has 7 nitrogen and oxygen atoms in total. The fraction of sp³-hybridized carbons (Fsp3) is 0.206. The van der Waals surface area contributed by atoms with Crippen LogP contribution in [0, 0.1) is 0 Å². The third kappa shape index (κ3) is 5.56. The van der Waals surface area contributed by atoms with Crippen LogP contribution in [0.15, 0.2) is 100 Å². The van der Waals surface area contributed by atoms with Gasteiger partial charge in [0, 0.05) is 34.2 Å². The van der Waals surface area contributed by atoms with Crippen LogP contribution in [0.2, 0.25) is 5.02 Å². The van der Waals surface area contributed by atoms with Gasteiger partial charge in [0.15, 0.2) is 4.80 Å². The Morgan fingerprint density at radius 3 is 2.49 bits per heavy atom. The molecule has 0 spiro atoms. The Labute approximate surface area is 257 Å². The van der Waals surface area contributed by atoms with Crippen molar-refractivity contribution >= 4 is 45.9 Å². The number of hydrogen-bond donors (Lipinski definition) is 0. The highest BCUT2D eigenvalue weighted by Crippen LogP contribution is 2.32. The molecule has 3 aromatic carbocycles. The third-order valence-electron chi connectivity index (χ3n) is 7.39. The second kappa shape index (κ2) is 11.7. The second-order valence-electron chi connectivity index (χ2n) is 10.7. The third-order valence-corrected chi connectivity index (χ3v) is 8.62. The van der Waals surface area contributed by atoms with Crippen LogP contribution < -0.4 is 19.6 Å². The van der Waals surface area contributed by atoms with Gasteiger partial charge in [0.1, 0.15) is 5.75 Å². The van der Waals surface area contributed by atoms with E-state index in [0.29, 0.717) is 37.9 Å². The number of nitrogens with zero attached hydrogens (tertiary/aromatic N) is 3. The zero-order chi connectivity index (χ0) is 30.2. The number of esters is 1. The van der Waals surface area contributed by atoms with Gasteiger partial charge in [-0.05, 0) is 68.3 Å². The number of hydrogen-bond acceptors (Lipinski definition) is 6. The highest BCUT2D eigenvalue weighted by Gasteiger charge is 2.33. The summed E-state index contributed by atoms with van der Waals surface area (Å²) in [5.74, 6) is 0.190. The first-order chi connectivity index (χ1) is 20.7. The van der Waals surface area contributed by atoms with Gasteiger partial charge in [0.25, 0.3) is 5.56 Å². The summed E-state index contributed by atoms with van der Waals surface area (Å²) in [5.41, 5.74) is 4.51. The van der Waals surface area contributed by atoms with E-state index in [1.165, 1.54) is 11.3 Å². The van der Waals surface area contributed by atoms with Crippen LogP contribution in [-0.2, 0) is 16.1 Å². The van der Waals surface area contributed by atoms with Crippen LogP contribution in [0.1, 0.15) is 43.5 Å². The topological polar surface area (TPSA) is 74.8 Å². The number of allylic oxidation sites excluding steroid dienone is 1. The van der Waals surface area contributed by atoms with Crippen LogP contribution in [-0.4, -0.2) is 28.3 Å². The van der Waals surface area contributed by atoms with Gasteiger partial charge in [0.05, 0.1) is 35.1 Å². The van der Waals surface area contributed by atoms with Crippen molar-refractivity contribution in [2.24, 2.45) is 4.99 Å². The van der Waals surface area contributed by atoms with Gasteiger partial charge in [-0.25, -0.2) is 9.79 Å². The predicted molar refractivity (Wildman–Crippen MR) is 170 cm³/mol. The van der Waals surface area contributed by atoms with Crippen LogP contribution in [0.25, 0.3) is 17.0 Å². The standard InChI is InChI=1S/C34H30ClN3O4S/c1-20(2)42-33(40)30-21(3)36-34-38(31(30)23-11-15-26(41-4)16-12-23)32(39)29(43-34)17-24-19-37(28-8-6-5-7-27(24)28)18-22-9-13-25(35)14-10-22/h5-17,19-20,31H,18H2,1-4H3/b29-17+/t31-/m0/s1. The van der Waals surface area contributed by atoms with Crippen molar-refractivity contribution in [2.45, 2.75) is 39.5 Å². The first kappa shape index (κ1) is 28.7. The monoisotopic (exact) mass is 611 g/mol. The molecule has 0 radical (unpaired) electrons. The number of aromatic nitrogens is 2.